The topological polar surface area (TPSA) is 55.2 Å². The van der Waals surface area contributed by atoms with Crippen LogP contribution in [-0.4, -0.2) is 54.4 Å². The van der Waals surface area contributed by atoms with Crippen LogP contribution >= 0.6 is 11.3 Å². The Labute approximate surface area is 189 Å². The fourth-order valence-electron chi connectivity index (χ4n) is 4.92. The number of nitrogens with one attached hydrogen (secondary N) is 1. The van der Waals surface area contributed by atoms with Gasteiger partial charge in [0.25, 0.3) is 0 Å². The van der Waals surface area contributed by atoms with E-state index in [1.54, 1.807) is 11.3 Å². The number of nitrogens with zero attached hydrogens (tertiary/aromatic N) is 4. The molecule has 1 atom stereocenters. The quantitative estimate of drug-likeness (QED) is 0.409. The van der Waals surface area contributed by atoms with Crippen LogP contribution in [0.5, 0.6) is 0 Å². The number of rotatable bonds is 7. The third-order valence-corrected chi connectivity index (χ3v) is 9.16. The molecule has 6 nitrogen and oxygen atoms in total. The van der Waals surface area contributed by atoms with Crippen molar-refractivity contribution < 1.29 is 4.74 Å². The van der Waals surface area contributed by atoms with E-state index in [2.05, 4.69) is 51.7 Å². The van der Waals surface area contributed by atoms with Gasteiger partial charge in [0, 0.05) is 62.8 Å². The van der Waals surface area contributed by atoms with Crippen molar-refractivity contribution in [1.82, 2.24) is 19.9 Å². The lowest BCUT2D eigenvalue weighted by Crippen LogP contribution is -2.42. The average Bonchev–Trinajstić information content (AvgIpc) is 3.53. The highest BCUT2D eigenvalue weighted by atomic mass is 32.1. The zero-order valence-corrected chi connectivity index (χ0v) is 20.7. The lowest BCUT2D eigenvalue weighted by Gasteiger charge is -2.26. The van der Waals surface area contributed by atoms with Gasteiger partial charge >= 0.3 is 0 Å². The SMILES string of the molecule is C[Si](C)(C)CCOCn1cc(-c2nccs2)c2c(N3CCC4(CCCN4)C3)ccnc21. The first-order valence-corrected chi connectivity index (χ1v) is 16.0. The van der Waals surface area contributed by atoms with E-state index >= 15 is 0 Å². The summed E-state index contributed by atoms with van der Waals surface area (Å²) in [6, 6.07) is 3.36. The van der Waals surface area contributed by atoms with E-state index in [4.69, 9.17) is 9.72 Å². The molecule has 0 saturated carbocycles. The predicted molar refractivity (Wildman–Crippen MR) is 132 cm³/mol. The Morgan fingerprint density at radius 1 is 1.23 bits per heavy atom. The first-order valence-electron chi connectivity index (χ1n) is 11.4. The molecule has 2 aliphatic heterocycles. The number of hydrogen-bond acceptors (Lipinski definition) is 6. The Morgan fingerprint density at radius 3 is 2.87 bits per heavy atom. The summed E-state index contributed by atoms with van der Waals surface area (Å²) in [5.74, 6) is 0. The smallest absolute Gasteiger partial charge is 0.144 e. The second kappa shape index (κ2) is 8.31. The van der Waals surface area contributed by atoms with Crippen LogP contribution in [-0.2, 0) is 11.5 Å². The molecular weight excluding hydrogens is 422 g/mol. The van der Waals surface area contributed by atoms with E-state index in [-0.39, 0.29) is 0 Å². The molecule has 2 fully saturated rings. The van der Waals surface area contributed by atoms with Gasteiger partial charge in [-0.2, -0.15) is 0 Å². The Hall–Kier alpha value is -1.74. The van der Waals surface area contributed by atoms with Gasteiger partial charge in [0.05, 0.1) is 11.1 Å². The van der Waals surface area contributed by atoms with Crippen molar-refractivity contribution in [2.75, 3.05) is 31.1 Å². The minimum absolute atomic E-state index is 0.291. The third kappa shape index (κ3) is 4.31. The number of hydrogen-bond donors (Lipinski definition) is 1. The van der Waals surface area contributed by atoms with Gasteiger partial charge in [0.1, 0.15) is 17.4 Å². The van der Waals surface area contributed by atoms with Gasteiger partial charge in [-0.05, 0) is 37.9 Å². The van der Waals surface area contributed by atoms with Gasteiger partial charge in [-0.15, -0.1) is 11.3 Å². The van der Waals surface area contributed by atoms with Crippen molar-refractivity contribution in [3.05, 3.63) is 30.0 Å². The van der Waals surface area contributed by atoms with E-state index in [1.165, 1.54) is 41.9 Å². The van der Waals surface area contributed by atoms with E-state index in [9.17, 15) is 0 Å². The molecule has 5 rings (SSSR count). The third-order valence-electron chi connectivity index (χ3n) is 6.65. The highest BCUT2D eigenvalue weighted by Gasteiger charge is 2.40. The van der Waals surface area contributed by atoms with Crippen molar-refractivity contribution in [3.8, 4) is 10.6 Å². The van der Waals surface area contributed by atoms with Crippen LogP contribution < -0.4 is 10.2 Å². The zero-order chi connectivity index (χ0) is 21.5. The van der Waals surface area contributed by atoms with E-state index in [0.717, 1.165) is 36.9 Å². The molecule has 5 heterocycles. The first-order chi connectivity index (χ1) is 14.9. The molecule has 166 valence electrons. The van der Waals surface area contributed by atoms with Crippen LogP contribution in [0.1, 0.15) is 19.3 Å². The maximum absolute atomic E-state index is 6.09. The molecular formula is C23H33N5OSSi. The lowest BCUT2D eigenvalue weighted by atomic mass is 9.97. The summed E-state index contributed by atoms with van der Waals surface area (Å²) in [7, 11) is -1.10. The summed E-state index contributed by atoms with van der Waals surface area (Å²) in [5.41, 5.74) is 3.74. The van der Waals surface area contributed by atoms with Gasteiger partial charge in [0.15, 0.2) is 0 Å². The molecule has 3 aromatic rings. The maximum atomic E-state index is 6.09. The summed E-state index contributed by atoms with van der Waals surface area (Å²) in [6.45, 7) is 11.8. The Bertz CT molecular complexity index is 1040. The molecule has 2 aliphatic rings. The molecule has 1 N–H and O–H groups in total. The normalized spacial score (nSPS) is 21.7. The first kappa shape index (κ1) is 21.1. The number of anilines is 1. The molecule has 0 amide bonds. The fraction of sp³-hybridized carbons (Fsp3) is 0.565. The standard InChI is InChI=1S/C23H33N5OSSi/c1-31(2,3)14-12-29-17-28-15-18(22-25-10-13-30-22)20-19(5-9-24-21(20)28)27-11-7-23(16-27)6-4-8-26-23/h5,9-10,13,15,26H,4,6-8,11-12,14,16-17H2,1-3H3. The molecule has 0 aliphatic carbocycles. The molecule has 1 unspecified atom stereocenters. The fourth-order valence-corrected chi connectivity index (χ4v) is 6.33. The molecule has 1 spiro atoms. The zero-order valence-electron chi connectivity index (χ0n) is 18.9. The second-order valence-corrected chi connectivity index (χ2v) is 16.7. The highest BCUT2D eigenvalue weighted by Crippen LogP contribution is 2.40. The van der Waals surface area contributed by atoms with Crippen molar-refractivity contribution in [2.24, 2.45) is 0 Å². The lowest BCUT2D eigenvalue weighted by molar-refractivity contribution is 0.0899. The van der Waals surface area contributed by atoms with Gasteiger partial charge in [-0.25, -0.2) is 9.97 Å². The summed E-state index contributed by atoms with van der Waals surface area (Å²) in [5, 5.41) is 8.09. The maximum Gasteiger partial charge on any atom is 0.144 e. The van der Waals surface area contributed by atoms with Gasteiger partial charge in [-0.3, -0.25) is 0 Å². The molecule has 0 bridgehead atoms. The van der Waals surface area contributed by atoms with Crippen LogP contribution in [0.2, 0.25) is 25.7 Å². The van der Waals surface area contributed by atoms with Crippen LogP contribution in [0.15, 0.2) is 30.0 Å². The molecule has 3 aromatic heterocycles. The summed E-state index contributed by atoms with van der Waals surface area (Å²) in [6.07, 6.45) is 9.81. The largest absolute Gasteiger partial charge is 0.369 e. The molecule has 0 radical (unpaired) electrons. The van der Waals surface area contributed by atoms with Crippen molar-refractivity contribution in [2.45, 2.75) is 57.2 Å². The highest BCUT2D eigenvalue weighted by molar-refractivity contribution is 7.13. The Kier molecular flexibility index (Phi) is 5.66. The Morgan fingerprint density at radius 2 is 2.13 bits per heavy atom. The average molecular weight is 456 g/mol. The van der Waals surface area contributed by atoms with Gasteiger partial charge in [-0.1, -0.05) is 19.6 Å². The number of aromatic nitrogens is 3. The van der Waals surface area contributed by atoms with Crippen LogP contribution in [0, 0.1) is 0 Å². The number of thiazole rings is 1. The summed E-state index contributed by atoms with van der Waals surface area (Å²) in [4.78, 5) is 12.0. The predicted octanol–water partition coefficient (Wildman–Crippen LogP) is 4.80. The second-order valence-electron chi connectivity index (χ2n) is 10.2. The Balaban J connectivity index is 1.48. The molecule has 8 heteroatoms. The van der Waals surface area contributed by atoms with E-state index in [1.807, 2.05) is 17.8 Å². The number of ether oxygens (including phenoxy) is 1. The van der Waals surface area contributed by atoms with Crippen molar-refractivity contribution in [1.29, 1.82) is 0 Å². The number of pyridine rings is 1. The van der Waals surface area contributed by atoms with Crippen molar-refractivity contribution >= 4 is 36.1 Å². The van der Waals surface area contributed by atoms with Gasteiger partial charge < -0.3 is 19.5 Å². The minimum atomic E-state index is -1.10. The monoisotopic (exact) mass is 455 g/mol. The van der Waals surface area contributed by atoms with Crippen LogP contribution in [0.25, 0.3) is 21.6 Å². The summed E-state index contributed by atoms with van der Waals surface area (Å²) < 4.78 is 8.26. The molecule has 2 saturated heterocycles. The van der Waals surface area contributed by atoms with Crippen LogP contribution in [0.3, 0.4) is 0 Å². The number of fused-ring (bicyclic) bond motifs is 1. The van der Waals surface area contributed by atoms with Gasteiger partial charge in [0.2, 0.25) is 0 Å². The molecule has 0 aromatic carbocycles. The van der Waals surface area contributed by atoms with E-state index in [0.29, 0.717) is 12.3 Å². The van der Waals surface area contributed by atoms with Crippen LogP contribution in [0.4, 0.5) is 5.69 Å². The molecule has 31 heavy (non-hydrogen) atoms. The minimum Gasteiger partial charge on any atom is -0.369 e. The van der Waals surface area contributed by atoms with E-state index < -0.39 is 8.07 Å². The van der Waals surface area contributed by atoms with Crippen molar-refractivity contribution in [3.63, 3.8) is 0 Å². The summed E-state index contributed by atoms with van der Waals surface area (Å²) >= 11 is 1.69.